The van der Waals surface area contributed by atoms with Crippen molar-refractivity contribution in [3.05, 3.63) is 70.7 Å². The van der Waals surface area contributed by atoms with E-state index < -0.39 is 0 Å². The van der Waals surface area contributed by atoms with Gasteiger partial charge in [0.05, 0.1) is 12.6 Å². The van der Waals surface area contributed by atoms with Crippen molar-refractivity contribution in [3.8, 4) is 0 Å². The van der Waals surface area contributed by atoms with Crippen LogP contribution in [0.4, 0.5) is 0 Å². The third kappa shape index (κ3) is 5.45. The second-order valence-corrected chi connectivity index (χ2v) is 6.52. The number of benzene rings is 2. The lowest BCUT2D eigenvalue weighted by molar-refractivity contribution is -0.139. The number of ether oxygens (including phenoxy) is 1. The molecule has 1 atom stereocenters. The number of amides is 1. The number of carbonyl (C=O) groups is 1. The van der Waals surface area contributed by atoms with Crippen LogP contribution in [0.1, 0.15) is 17.2 Å². The van der Waals surface area contributed by atoms with E-state index in [2.05, 4.69) is 17.4 Å². The Kier molecular flexibility index (Phi) is 8.39. The van der Waals surface area contributed by atoms with Gasteiger partial charge in [0.25, 0.3) is 0 Å². The molecule has 3 rings (SSSR count). The molecule has 0 saturated carbocycles. The van der Waals surface area contributed by atoms with Gasteiger partial charge in [-0.15, -0.1) is 12.4 Å². The summed E-state index contributed by atoms with van der Waals surface area (Å²) in [5, 5.41) is 4.03. The Labute approximate surface area is 165 Å². The minimum absolute atomic E-state index is 0. The SMILES string of the molecule is Cl.O=C(COCCc1ccccc1)N1CCNCC1c1ccccc1Cl. The molecule has 6 heteroatoms. The number of hydrogen-bond donors (Lipinski definition) is 1. The summed E-state index contributed by atoms with van der Waals surface area (Å²) in [7, 11) is 0. The number of halogens is 2. The summed E-state index contributed by atoms with van der Waals surface area (Å²) in [6, 6.07) is 17.8. The summed E-state index contributed by atoms with van der Waals surface area (Å²) in [6.45, 7) is 2.80. The molecule has 0 bridgehead atoms. The van der Waals surface area contributed by atoms with Gasteiger partial charge < -0.3 is 15.0 Å². The Balaban J connectivity index is 0.00000243. The van der Waals surface area contributed by atoms with Crippen LogP contribution in [0.25, 0.3) is 0 Å². The van der Waals surface area contributed by atoms with Gasteiger partial charge in [0.1, 0.15) is 6.61 Å². The monoisotopic (exact) mass is 394 g/mol. The molecule has 1 aliphatic rings. The first kappa shape index (κ1) is 20.7. The lowest BCUT2D eigenvalue weighted by Crippen LogP contribution is -2.49. The standard InChI is InChI=1S/C20H23ClN2O2.ClH/c21-18-9-5-4-8-17(18)19-14-22-11-12-23(19)20(24)15-25-13-10-16-6-2-1-3-7-16;/h1-9,19,22H,10-15H2;1H. The molecule has 2 aromatic rings. The van der Waals surface area contributed by atoms with Gasteiger partial charge >= 0.3 is 0 Å². The van der Waals surface area contributed by atoms with E-state index in [0.717, 1.165) is 18.5 Å². The highest BCUT2D eigenvalue weighted by Crippen LogP contribution is 2.28. The van der Waals surface area contributed by atoms with Gasteiger partial charge in [0, 0.05) is 24.7 Å². The maximum absolute atomic E-state index is 12.6. The summed E-state index contributed by atoms with van der Waals surface area (Å²) in [5.41, 5.74) is 2.19. The van der Waals surface area contributed by atoms with Crippen LogP contribution in [0.3, 0.4) is 0 Å². The van der Waals surface area contributed by atoms with Crippen LogP contribution in [-0.4, -0.2) is 43.7 Å². The zero-order valence-corrected chi connectivity index (χ0v) is 16.1. The Bertz CT molecular complexity index is 697. The molecule has 26 heavy (non-hydrogen) atoms. The van der Waals surface area contributed by atoms with Crippen LogP contribution in [-0.2, 0) is 16.0 Å². The fourth-order valence-electron chi connectivity index (χ4n) is 3.10. The fraction of sp³-hybridized carbons (Fsp3) is 0.350. The molecule has 0 radical (unpaired) electrons. The Hall–Kier alpha value is -1.59. The quantitative estimate of drug-likeness (QED) is 0.762. The van der Waals surface area contributed by atoms with E-state index >= 15 is 0 Å². The summed E-state index contributed by atoms with van der Waals surface area (Å²) in [5.74, 6) is 0.0134. The predicted molar refractivity (Wildman–Crippen MR) is 107 cm³/mol. The Morgan fingerprint density at radius 1 is 1.15 bits per heavy atom. The van der Waals surface area contributed by atoms with Gasteiger partial charge in [-0.3, -0.25) is 4.79 Å². The molecule has 0 aromatic heterocycles. The number of nitrogens with zero attached hydrogens (tertiary/aromatic N) is 1. The summed E-state index contributed by atoms with van der Waals surface area (Å²) < 4.78 is 5.62. The lowest BCUT2D eigenvalue weighted by Gasteiger charge is -2.37. The number of piperazine rings is 1. The largest absolute Gasteiger partial charge is 0.371 e. The third-order valence-corrected chi connectivity index (χ3v) is 4.78. The lowest BCUT2D eigenvalue weighted by atomic mass is 10.0. The van der Waals surface area contributed by atoms with Crippen LogP contribution < -0.4 is 5.32 Å². The fourth-order valence-corrected chi connectivity index (χ4v) is 3.36. The topological polar surface area (TPSA) is 41.6 Å². The number of nitrogens with one attached hydrogen (secondary N) is 1. The first-order valence-corrected chi connectivity index (χ1v) is 9.00. The number of rotatable bonds is 6. The Morgan fingerprint density at radius 3 is 2.65 bits per heavy atom. The van der Waals surface area contributed by atoms with Gasteiger partial charge in [-0.2, -0.15) is 0 Å². The van der Waals surface area contributed by atoms with Crippen LogP contribution >= 0.6 is 24.0 Å². The molecule has 1 fully saturated rings. The van der Waals surface area contributed by atoms with Crippen molar-refractivity contribution in [2.24, 2.45) is 0 Å². The maximum Gasteiger partial charge on any atom is 0.249 e. The highest BCUT2D eigenvalue weighted by Gasteiger charge is 2.28. The summed E-state index contributed by atoms with van der Waals surface area (Å²) in [6.07, 6.45) is 0.809. The van der Waals surface area contributed by atoms with Crippen LogP contribution in [0.5, 0.6) is 0 Å². The third-order valence-electron chi connectivity index (χ3n) is 4.43. The molecular formula is C20H24Cl2N2O2. The van der Waals surface area contributed by atoms with Crippen molar-refractivity contribution in [2.45, 2.75) is 12.5 Å². The van der Waals surface area contributed by atoms with Crippen molar-refractivity contribution in [3.63, 3.8) is 0 Å². The van der Waals surface area contributed by atoms with E-state index in [9.17, 15) is 4.79 Å². The van der Waals surface area contributed by atoms with Crippen LogP contribution in [0.2, 0.25) is 5.02 Å². The van der Waals surface area contributed by atoms with E-state index in [-0.39, 0.29) is 31.0 Å². The van der Waals surface area contributed by atoms with E-state index in [0.29, 0.717) is 24.7 Å². The normalized spacial score (nSPS) is 16.8. The highest BCUT2D eigenvalue weighted by molar-refractivity contribution is 6.31. The molecule has 1 aliphatic heterocycles. The second kappa shape index (κ2) is 10.5. The molecule has 1 amide bonds. The van der Waals surface area contributed by atoms with Gasteiger partial charge in [-0.25, -0.2) is 0 Å². The second-order valence-electron chi connectivity index (χ2n) is 6.12. The molecule has 1 unspecified atom stereocenters. The van der Waals surface area contributed by atoms with Crippen LogP contribution in [0, 0.1) is 0 Å². The molecule has 0 spiro atoms. The first-order valence-electron chi connectivity index (χ1n) is 8.62. The maximum atomic E-state index is 12.6. The minimum atomic E-state index is -0.0485. The smallest absolute Gasteiger partial charge is 0.249 e. The molecule has 0 aliphatic carbocycles. The minimum Gasteiger partial charge on any atom is -0.371 e. The molecular weight excluding hydrogens is 371 g/mol. The highest BCUT2D eigenvalue weighted by atomic mass is 35.5. The molecule has 1 heterocycles. The molecule has 1 N–H and O–H groups in total. The van der Waals surface area contributed by atoms with E-state index in [1.807, 2.05) is 47.4 Å². The predicted octanol–water partition coefficient (Wildman–Crippen LogP) is 3.49. The number of carbonyl (C=O) groups excluding carboxylic acids is 1. The van der Waals surface area contributed by atoms with Gasteiger partial charge in [0.15, 0.2) is 0 Å². The van der Waals surface area contributed by atoms with Gasteiger partial charge in [0.2, 0.25) is 5.91 Å². The van der Waals surface area contributed by atoms with E-state index in [1.165, 1.54) is 5.56 Å². The van der Waals surface area contributed by atoms with Crippen molar-refractivity contribution >= 4 is 29.9 Å². The van der Waals surface area contributed by atoms with Gasteiger partial charge in [-0.05, 0) is 23.6 Å². The van der Waals surface area contributed by atoms with Gasteiger partial charge in [-0.1, -0.05) is 60.1 Å². The molecule has 4 nitrogen and oxygen atoms in total. The summed E-state index contributed by atoms with van der Waals surface area (Å²) >= 11 is 6.33. The molecule has 140 valence electrons. The first-order chi connectivity index (χ1) is 12.3. The van der Waals surface area contributed by atoms with Crippen molar-refractivity contribution in [1.82, 2.24) is 10.2 Å². The van der Waals surface area contributed by atoms with E-state index in [4.69, 9.17) is 16.3 Å². The zero-order chi connectivity index (χ0) is 17.5. The molecule has 2 aromatic carbocycles. The van der Waals surface area contributed by atoms with Crippen LogP contribution in [0.15, 0.2) is 54.6 Å². The zero-order valence-electron chi connectivity index (χ0n) is 14.6. The number of hydrogen-bond acceptors (Lipinski definition) is 3. The average Bonchev–Trinajstić information content (AvgIpc) is 2.66. The Morgan fingerprint density at radius 2 is 1.88 bits per heavy atom. The summed E-state index contributed by atoms with van der Waals surface area (Å²) in [4.78, 5) is 14.5. The molecule has 1 saturated heterocycles. The van der Waals surface area contributed by atoms with Crippen molar-refractivity contribution in [1.29, 1.82) is 0 Å². The average molecular weight is 395 g/mol. The van der Waals surface area contributed by atoms with Crippen molar-refractivity contribution < 1.29 is 9.53 Å². The van der Waals surface area contributed by atoms with E-state index in [1.54, 1.807) is 0 Å². The van der Waals surface area contributed by atoms with Crippen molar-refractivity contribution in [2.75, 3.05) is 32.8 Å².